The van der Waals surface area contributed by atoms with Gasteiger partial charge in [-0.25, -0.2) is 0 Å². The summed E-state index contributed by atoms with van der Waals surface area (Å²) >= 11 is 0. The predicted molar refractivity (Wildman–Crippen MR) is 209 cm³/mol. The first-order chi connectivity index (χ1) is 24.5. The summed E-state index contributed by atoms with van der Waals surface area (Å²) in [6.45, 7) is 13.8. The monoisotopic (exact) mass is 657 g/mol. The lowest BCUT2D eigenvalue weighted by Crippen LogP contribution is -2.14. The summed E-state index contributed by atoms with van der Waals surface area (Å²) in [5, 5.41) is 0. The van der Waals surface area contributed by atoms with E-state index in [4.69, 9.17) is 15.0 Å². The van der Waals surface area contributed by atoms with Crippen molar-refractivity contribution in [1.82, 2.24) is 15.0 Å². The number of fused-ring (bicyclic) bond motifs is 9. The first-order valence-corrected chi connectivity index (χ1v) is 18.0. The Morgan fingerprint density at radius 1 is 0.314 bits per heavy atom. The number of nitrogens with zero attached hydrogens (tertiary/aromatic N) is 3. The molecule has 0 saturated heterocycles. The van der Waals surface area contributed by atoms with Crippen LogP contribution in [0, 0.1) is 0 Å². The van der Waals surface area contributed by atoms with Crippen LogP contribution in [0.1, 0.15) is 74.9 Å². The minimum atomic E-state index is -0.0878. The molecule has 10 rings (SSSR count). The summed E-state index contributed by atoms with van der Waals surface area (Å²) in [5.74, 6) is 0. The number of hydrogen-bond donors (Lipinski definition) is 0. The summed E-state index contributed by atoms with van der Waals surface area (Å²) in [5.41, 5.74) is 21.7. The fourth-order valence-electron chi connectivity index (χ4n) is 9.33. The van der Waals surface area contributed by atoms with Gasteiger partial charge in [0, 0.05) is 51.5 Å². The van der Waals surface area contributed by atoms with Crippen LogP contribution < -0.4 is 0 Å². The van der Waals surface area contributed by atoms with Gasteiger partial charge in [-0.3, -0.25) is 15.0 Å². The van der Waals surface area contributed by atoms with Crippen LogP contribution in [0.3, 0.4) is 0 Å². The van der Waals surface area contributed by atoms with Crippen LogP contribution in [0.2, 0.25) is 0 Å². The molecule has 3 aliphatic rings. The summed E-state index contributed by atoms with van der Waals surface area (Å²) in [6.07, 6.45) is 5.75. The molecule has 0 N–H and O–H groups in total. The minimum Gasteiger partial charge on any atom is -0.256 e. The van der Waals surface area contributed by atoms with Crippen molar-refractivity contribution in [2.24, 2.45) is 0 Å². The van der Waals surface area contributed by atoms with E-state index in [2.05, 4.69) is 151 Å². The molecule has 0 bridgehead atoms. The molecule has 0 unspecified atom stereocenters. The Morgan fingerprint density at radius 2 is 0.608 bits per heavy atom. The Kier molecular flexibility index (Phi) is 6.04. The molecular formula is C48H39N3. The van der Waals surface area contributed by atoms with Crippen LogP contribution in [0.5, 0.6) is 0 Å². The third kappa shape index (κ3) is 4.15. The average molecular weight is 658 g/mol. The van der Waals surface area contributed by atoms with Crippen LogP contribution >= 0.6 is 0 Å². The minimum absolute atomic E-state index is 0.0878. The molecule has 0 aliphatic heterocycles. The summed E-state index contributed by atoms with van der Waals surface area (Å²) in [7, 11) is 0. The van der Waals surface area contributed by atoms with Gasteiger partial charge in [0.1, 0.15) is 0 Å². The smallest absolute Gasteiger partial charge is 0.0746 e. The van der Waals surface area contributed by atoms with Gasteiger partial charge >= 0.3 is 0 Å². The highest BCUT2D eigenvalue weighted by molar-refractivity contribution is 5.89. The van der Waals surface area contributed by atoms with Crippen LogP contribution in [0.4, 0.5) is 0 Å². The van der Waals surface area contributed by atoms with E-state index in [-0.39, 0.29) is 16.2 Å². The topological polar surface area (TPSA) is 38.7 Å². The van der Waals surface area contributed by atoms with Crippen molar-refractivity contribution in [3.63, 3.8) is 0 Å². The number of aromatic nitrogens is 3. The molecule has 3 nitrogen and oxygen atoms in total. The fourth-order valence-corrected chi connectivity index (χ4v) is 9.33. The molecule has 0 radical (unpaired) electrons. The van der Waals surface area contributed by atoms with Gasteiger partial charge in [-0.2, -0.15) is 0 Å². The van der Waals surface area contributed by atoms with Crippen molar-refractivity contribution < 1.29 is 0 Å². The summed E-state index contributed by atoms with van der Waals surface area (Å²) in [4.78, 5) is 14.6. The Balaban J connectivity index is 1.18. The van der Waals surface area contributed by atoms with Gasteiger partial charge in [-0.15, -0.1) is 0 Å². The molecule has 0 amide bonds. The van der Waals surface area contributed by atoms with E-state index in [9.17, 15) is 0 Å². The number of benzene rings is 4. The molecule has 0 fully saturated rings. The van der Waals surface area contributed by atoms with Gasteiger partial charge in [0.05, 0.1) is 17.1 Å². The van der Waals surface area contributed by atoms with Gasteiger partial charge in [-0.05, 0) is 121 Å². The molecule has 3 heterocycles. The maximum absolute atomic E-state index is 4.88. The van der Waals surface area contributed by atoms with Crippen molar-refractivity contribution in [3.05, 3.63) is 161 Å². The lowest BCUT2D eigenvalue weighted by molar-refractivity contribution is 0.659. The Bertz CT molecular complexity index is 2320. The molecule has 3 heteroatoms. The van der Waals surface area contributed by atoms with Gasteiger partial charge in [0.25, 0.3) is 0 Å². The maximum atomic E-state index is 4.88. The van der Waals surface area contributed by atoms with E-state index < -0.39 is 0 Å². The van der Waals surface area contributed by atoms with Crippen LogP contribution in [0.15, 0.2) is 128 Å². The Hall–Kier alpha value is -5.67. The first-order valence-electron chi connectivity index (χ1n) is 18.0. The maximum Gasteiger partial charge on any atom is 0.0746 e. The van der Waals surface area contributed by atoms with Crippen molar-refractivity contribution in [2.45, 2.75) is 57.8 Å². The normalized spacial score (nSPS) is 16.1. The zero-order valence-corrected chi connectivity index (χ0v) is 30.0. The van der Waals surface area contributed by atoms with Crippen molar-refractivity contribution in [2.75, 3.05) is 0 Å². The SMILES string of the molecule is CC1(C)c2ccc(-c3cc(-c4ccc5c(c4)-c4ncccc4C5(C)C)cc(-c4ccc5c(c4)-c4ncccc4C5(C)C)c3)cc2-c2ncccc21. The van der Waals surface area contributed by atoms with E-state index in [1.807, 2.05) is 18.6 Å². The van der Waals surface area contributed by atoms with E-state index in [1.54, 1.807) is 0 Å². The summed E-state index contributed by atoms with van der Waals surface area (Å²) in [6, 6.07) is 40.8. The number of hydrogen-bond acceptors (Lipinski definition) is 3. The molecule has 3 aliphatic carbocycles. The molecule has 0 spiro atoms. The molecule has 0 atom stereocenters. The third-order valence-corrected chi connectivity index (χ3v) is 12.2. The molecular weight excluding hydrogens is 619 g/mol. The van der Waals surface area contributed by atoms with Gasteiger partial charge in [0.15, 0.2) is 0 Å². The zero-order chi connectivity index (χ0) is 34.9. The van der Waals surface area contributed by atoms with E-state index in [0.717, 1.165) is 17.1 Å². The van der Waals surface area contributed by atoms with Gasteiger partial charge in [-0.1, -0.05) is 96.1 Å². The Labute approximate surface area is 300 Å². The molecule has 51 heavy (non-hydrogen) atoms. The van der Waals surface area contributed by atoms with E-state index in [1.165, 1.54) is 83.5 Å². The van der Waals surface area contributed by atoms with E-state index in [0.29, 0.717) is 0 Å². The van der Waals surface area contributed by atoms with Crippen LogP contribution in [0.25, 0.3) is 67.2 Å². The first kappa shape index (κ1) is 30.2. The molecule has 4 aromatic carbocycles. The second-order valence-corrected chi connectivity index (χ2v) is 16.2. The summed E-state index contributed by atoms with van der Waals surface area (Å²) < 4.78 is 0. The highest BCUT2D eigenvalue weighted by Gasteiger charge is 2.38. The molecule has 7 aromatic rings. The second-order valence-electron chi connectivity index (χ2n) is 16.2. The third-order valence-electron chi connectivity index (χ3n) is 12.2. The number of pyridine rings is 3. The highest BCUT2D eigenvalue weighted by atomic mass is 14.7. The van der Waals surface area contributed by atoms with Crippen LogP contribution in [-0.4, -0.2) is 15.0 Å². The van der Waals surface area contributed by atoms with Gasteiger partial charge in [0.2, 0.25) is 0 Å². The largest absolute Gasteiger partial charge is 0.256 e. The zero-order valence-electron chi connectivity index (χ0n) is 30.0. The number of rotatable bonds is 3. The van der Waals surface area contributed by atoms with Crippen LogP contribution in [-0.2, 0) is 16.2 Å². The molecule has 246 valence electrons. The molecule has 0 saturated carbocycles. The van der Waals surface area contributed by atoms with Gasteiger partial charge < -0.3 is 0 Å². The molecule has 3 aromatic heterocycles. The standard InChI is InChI=1S/C48H39N3/c1-46(2)37-16-13-28(25-34(37)43-40(46)10-7-19-49-43)31-22-32(29-14-17-38-35(26-29)44-41(47(38,3)4)11-8-20-50-44)24-33(23-31)30-15-18-39-36(27-30)45-42(48(39,5)6)12-9-21-51-45/h7-27H,1-6H3. The second kappa shape index (κ2) is 10.2. The average Bonchev–Trinajstić information content (AvgIpc) is 3.64. The van der Waals surface area contributed by atoms with Crippen molar-refractivity contribution >= 4 is 0 Å². The van der Waals surface area contributed by atoms with Crippen molar-refractivity contribution in [1.29, 1.82) is 0 Å². The lowest BCUT2D eigenvalue weighted by Gasteiger charge is -2.21. The fraction of sp³-hybridized carbons (Fsp3) is 0.188. The predicted octanol–water partition coefficient (Wildman–Crippen LogP) is 11.8. The van der Waals surface area contributed by atoms with E-state index >= 15 is 0 Å². The lowest BCUT2D eigenvalue weighted by atomic mass is 9.81. The Morgan fingerprint density at radius 3 is 0.902 bits per heavy atom. The quantitative estimate of drug-likeness (QED) is 0.190. The highest BCUT2D eigenvalue weighted by Crippen LogP contribution is 2.52. The van der Waals surface area contributed by atoms with Crippen molar-refractivity contribution in [3.8, 4) is 67.2 Å².